The maximum Gasteiger partial charge on any atom is 0.573 e. The van der Waals surface area contributed by atoms with E-state index in [2.05, 4.69) is 4.74 Å². The first-order valence-electron chi connectivity index (χ1n) is 5.34. The number of carbonyl (C=O) groups is 1. The van der Waals surface area contributed by atoms with Crippen molar-refractivity contribution in [3.05, 3.63) is 28.8 Å². The summed E-state index contributed by atoms with van der Waals surface area (Å²) in [5.41, 5.74) is 0.0489. The number of benzene rings is 1. The molecule has 100 valence electrons. The van der Waals surface area contributed by atoms with Crippen LogP contribution < -0.4 is 4.74 Å². The number of Topliss-reactive ketones (excluding diaryl/α,β-unsaturated/α-hetero) is 1. The molecule has 0 saturated heterocycles. The van der Waals surface area contributed by atoms with Crippen molar-refractivity contribution in [2.75, 3.05) is 0 Å². The van der Waals surface area contributed by atoms with E-state index in [1.54, 1.807) is 6.92 Å². The number of ketones is 1. The average molecular weight is 281 g/mol. The molecule has 1 aromatic carbocycles. The van der Waals surface area contributed by atoms with E-state index in [9.17, 15) is 18.0 Å². The van der Waals surface area contributed by atoms with Crippen molar-refractivity contribution in [3.8, 4) is 5.75 Å². The lowest BCUT2D eigenvalue weighted by Crippen LogP contribution is -2.18. The molecule has 2 nitrogen and oxygen atoms in total. The van der Waals surface area contributed by atoms with Crippen LogP contribution in [-0.2, 0) is 0 Å². The highest BCUT2D eigenvalue weighted by Gasteiger charge is 2.31. The molecule has 0 heterocycles. The van der Waals surface area contributed by atoms with Crippen molar-refractivity contribution in [2.24, 2.45) is 5.92 Å². The standard InChI is InChI=1S/C12H12ClF3O2/c1-3-7(2)11(17)9-6-8(4-5-10(9)13)18-12(14,15)16/h4-7H,3H2,1-2H3. The largest absolute Gasteiger partial charge is 0.573 e. The predicted octanol–water partition coefficient (Wildman–Crippen LogP) is 4.47. The van der Waals surface area contributed by atoms with Crippen molar-refractivity contribution < 1.29 is 22.7 Å². The van der Waals surface area contributed by atoms with Crippen LogP contribution in [0.3, 0.4) is 0 Å². The van der Waals surface area contributed by atoms with Crippen LogP contribution >= 0.6 is 11.6 Å². The lowest BCUT2D eigenvalue weighted by Gasteiger charge is -2.12. The van der Waals surface area contributed by atoms with Gasteiger partial charge < -0.3 is 4.74 Å². The van der Waals surface area contributed by atoms with Crippen LogP contribution in [0, 0.1) is 5.92 Å². The Hall–Kier alpha value is -1.23. The summed E-state index contributed by atoms with van der Waals surface area (Å²) in [6.07, 6.45) is -4.20. The van der Waals surface area contributed by atoms with Gasteiger partial charge in [-0.1, -0.05) is 25.4 Å². The van der Waals surface area contributed by atoms with Gasteiger partial charge in [-0.2, -0.15) is 0 Å². The fourth-order valence-electron chi connectivity index (χ4n) is 1.34. The molecule has 1 aromatic rings. The van der Waals surface area contributed by atoms with E-state index in [4.69, 9.17) is 11.6 Å². The Labute approximate surface area is 108 Å². The van der Waals surface area contributed by atoms with Crippen LogP contribution in [0.2, 0.25) is 5.02 Å². The molecule has 0 bridgehead atoms. The van der Waals surface area contributed by atoms with Crippen LogP contribution in [-0.4, -0.2) is 12.1 Å². The summed E-state index contributed by atoms with van der Waals surface area (Å²) in [6.45, 7) is 3.50. The van der Waals surface area contributed by atoms with Gasteiger partial charge in [-0.15, -0.1) is 13.2 Å². The SMILES string of the molecule is CCC(C)C(=O)c1cc(OC(F)(F)F)ccc1Cl. The number of alkyl halides is 3. The third-order valence-corrected chi connectivity index (χ3v) is 2.83. The number of hydrogen-bond donors (Lipinski definition) is 0. The highest BCUT2D eigenvalue weighted by atomic mass is 35.5. The third-order valence-electron chi connectivity index (χ3n) is 2.50. The van der Waals surface area contributed by atoms with E-state index in [1.807, 2.05) is 6.92 Å². The second-order valence-electron chi connectivity index (χ2n) is 3.86. The quantitative estimate of drug-likeness (QED) is 0.761. The van der Waals surface area contributed by atoms with Crippen LogP contribution in [0.4, 0.5) is 13.2 Å². The van der Waals surface area contributed by atoms with E-state index < -0.39 is 12.1 Å². The summed E-state index contributed by atoms with van der Waals surface area (Å²) in [7, 11) is 0. The Morgan fingerprint density at radius 1 is 1.44 bits per heavy atom. The zero-order chi connectivity index (χ0) is 13.9. The van der Waals surface area contributed by atoms with Crippen molar-refractivity contribution in [3.63, 3.8) is 0 Å². The highest BCUT2D eigenvalue weighted by molar-refractivity contribution is 6.34. The summed E-state index contributed by atoms with van der Waals surface area (Å²) >= 11 is 5.81. The van der Waals surface area contributed by atoms with Gasteiger partial charge in [0.25, 0.3) is 0 Å². The molecule has 0 saturated carbocycles. The van der Waals surface area contributed by atoms with Crippen molar-refractivity contribution >= 4 is 17.4 Å². The molecule has 0 N–H and O–H groups in total. The van der Waals surface area contributed by atoms with Crippen LogP contribution in [0.25, 0.3) is 0 Å². The van der Waals surface area contributed by atoms with E-state index >= 15 is 0 Å². The van der Waals surface area contributed by atoms with Gasteiger partial charge in [0.2, 0.25) is 0 Å². The minimum atomic E-state index is -4.79. The van der Waals surface area contributed by atoms with Gasteiger partial charge in [-0.05, 0) is 24.6 Å². The molecule has 0 aliphatic carbocycles. The van der Waals surface area contributed by atoms with Crippen molar-refractivity contribution in [2.45, 2.75) is 26.6 Å². The molecular weight excluding hydrogens is 269 g/mol. The van der Waals surface area contributed by atoms with Gasteiger partial charge >= 0.3 is 6.36 Å². The van der Waals surface area contributed by atoms with Gasteiger partial charge in [0.05, 0.1) is 5.02 Å². The van der Waals surface area contributed by atoms with Gasteiger partial charge in [0.1, 0.15) is 5.75 Å². The van der Waals surface area contributed by atoms with E-state index in [0.717, 1.165) is 12.1 Å². The van der Waals surface area contributed by atoms with Crippen LogP contribution in [0.15, 0.2) is 18.2 Å². The molecule has 0 amide bonds. The fourth-order valence-corrected chi connectivity index (χ4v) is 1.55. The average Bonchev–Trinajstić information content (AvgIpc) is 2.28. The molecule has 0 fully saturated rings. The smallest absolute Gasteiger partial charge is 0.406 e. The summed E-state index contributed by atoms with van der Waals surface area (Å²) in [5, 5.41) is 0.120. The minimum Gasteiger partial charge on any atom is -0.406 e. The number of ether oxygens (including phenoxy) is 1. The first kappa shape index (κ1) is 14.8. The van der Waals surface area contributed by atoms with E-state index in [0.29, 0.717) is 6.42 Å². The number of hydrogen-bond acceptors (Lipinski definition) is 2. The molecule has 6 heteroatoms. The fraction of sp³-hybridized carbons (Fsp3) is 0.417. The van der Waals surface area contributed by atoms with Gasteiger partial charge in [0, 0.05) is 11.5 Å². The Morgan fingerprint density at radius 2 is 2.06 bits per heavy atom. The molecule has 1 unspecified atom stereocenters. The monoisotopic (exact) mass is 280 g/mol. The van der Waals surface area contributed by atoms with Gasteiger partial charge in [-0.3, -0.25) is 4.79 Å². The molecule has 0 radical (unpaired) electrons. The van der Waals surface area contributed by atoms with Gasteiger partial charge in [-0.25, -0.2) is 0 Å². The summed E-state index contributed by atoms with van der Waals surface area (Å²) in [6, 6.07) is 3.31. The Morgan fingerprint density at radius 3 is 2.56 bits per heavy atom. The first-order chi connectivity index (χ1) is 8.24. The lowest BCUT2D eigenvalue weighted by molar-refractivity contribution is -0.274. The lowest BCUT2D eigenvalue weighted by atomic mass is 9.97. The number of halogens is 4. The second kappa shape index (κ2) is 5.61. The Balaban J connectivity index is 3.05. The van der Waals surface area contributed by atoms with E-state index in [1.165, 1.54) is 6.07 Å². The van der Waals surface area contributed by atoms with Crippen molar-refractivity contribution in [1.29, 1.82) is 0 Å². The normalized spacial score (nSPS) is 13.2. The topological polar surface area (TPSA) is 26.3 Å². The molecule has 1 atom stereocenters. The molecule has 0 spiro atoms. The third kappa shape index (κ3) is 3.91. The van der Waals surface area contributed by atoms with Crippen molar-refractivity contribution in [1.82, 2.24) is 0 Å². The Bertz CT molecular complexity index is 443. The number of rotatable bonds is 4. The van der Waals surface area contributed by atoms with Gasteiger partial charge in [0.15, 0.2) is 5.78 Å². The van der Waals surface area contributed by atoms with E-state index in [-0.39, 0.29) is 22.3 Å². The minimum absolute atomic E-state index is 0.0489. The molecule has 18 heavy (non-hydrogen) atoms. The second-order valence-corrected chi connectivity index (χ2v) is 4.27. The van der Waals surface area contributed by atoms with Crippen LogP contribution in [0.1, 0.15) is 30.6 Å². The molecule has 1 rings (SSSR count). The zero-order valence-electron chi connectivity index (χ0n) is 9.84. The zero-order valence-corrected chi connectivity index (χ0v) is 10.6. The predicted molar refractivity (Wildman–Crippen MR) is 61.9 cm³/mol. The highest BCUT2D eigenvalue weighted by Crippen LogP contribution is 2.28. The first-order valence-corrected chi connectivity index (χ1v) is 5.72. The summed E-state index contributed by atoms with van der Waals surface area (Å²) in [5.74, 6) is -1.04. The summed E-state index contributed by atoms with van der Waals surface area (Å²) in [4.78, 5) is 11.9. The number of carbonyl (C=O) groups excluding carboxylic acids is 1. The maximum absolute atomic E-state index is 12.1. The molecule has 0 aliphatic rings. The summed E-state index contributed by atoms with van der Waals surface area (Å²) < 4.78 is 39.9. The Kier molecular flexibility index (Phi) is 4.62. The van der Waals surface area contributed by atoms with Crippen LogP contribution in [0.5, 0.6) is 5.75 Å². The molecular formula is C12H12ClF3O2. The molecule has 0 aliphatic heterocycles. The maximum atomic E-state index is 12.1. The molecule has 0 aromatic heterocycles.